The first-order chi connectivity index (χ1) is 12.8. The Morgan fingerprint density at radius 3 is 2.41 bits per heavy atom. The van der Waals surface area contributed by atoms with Crippen molar-refractivity contribution in [2.75, 3.05) is 18.6 Å². The largest absolute Gasteiger partial charge is 0.497 e. The van der Waals surface area contributed by atoms with Gasteiger partial charge < -0.3 is 15.0 Å². The first kappa shape index (κ1) is 18.4. The molecular formula is C18H20N4O5. The number of hydrogen-bond acceptors (Lipinski definition) is 5. The number of nitrogens with zero attached hydrogens (tertiary/aromatic N) is 3. The van der Waals surface area contributed by atoms with Gasteiger partial charge in [-0.05, 0) is 24.3 Å². The quantitative estimate of drug-likeness (QED) is 0.789. The second kappa shape index (κ2) is 7.10. The van der Waals surface area contributed by atoms with Crippen LogP contribution >= 0.6 is 0 Å². The van der Waals surface area contributed by atoms with Gasteiger partial charge in [-0.15, -0.1) is 0 Å². The number of carbonyl (C=O) groups excluding carboxylic acids is 2. The van der Waals surface area contributed by atoms with Gasteiger partial charge in [0.15, 0.2) is 0 Å². The molecule has 1 aromatic heterocycles. The van der Waals surface area contributed by atoms with Crippen LogP contribution in [0.3, 0.4) is 0 Å². The summed E-state index contributed by atoms with van der Waals surface area (Å²) < 4.78 is 7.13. The lowest BCUT2D eigenvalue weighted by atomic mass is 10.2. The van der Waals surface area contributed by atoms with Gasteiger partial charge in [0.1, 0.15) is 11.4 Å². The number of methoxy groups -OCH3 is 1. The molecule has 0 radical (unpaired) electrons. The SMILES string of the molecule is COc1ccc(N2CC(NC(=O)c3cc(=O)n(C)c(=O)n3C)CC2=O)cc1. The average molecular weight is 372 g/mol. The van der Waals surface area contributed by atoms with E-state index in [4.69, 9.17) is 4.74 Å². The monoisotopic (exact) mass is 372 g/mol. The Labute approximate surface area is 154 Å². The summed E-state index contributed by atoms with van der Waals surface area (Å²) in [6.07, 6.45) is 0.135. The average Bonchev–Trinajstić information content (AvgIpc) is 3.03. The standard InChI is InChI=1S/C18H20N4O5/c1-20-14(9-15(23)21(2)18(20)26)17(25)19-11-8-16(24)22(10-11)12-4-6-13(27-3)7-5-12/h4-7,9,11H,8,10H2,1-3H3,(H,19,25). The van der Waals surface area contributed by atoms with Crippen LogP contribution in [-0.2, 0) is 18.9 Å². The van der Waals surface area contributed by atoms with Gasteiger partial charge >= 0.3 is 5.69 Å². The zero-order valence-corrected chi connectivity index (χ0v) is 15.3. The van der Waals surface area contributed by atoms with E-state index in [-0.39, 0.29) is 18.0 Å². The van der Waals surface area contributed by atoms with Crippen LogP contribution in [0.1, 0.15) is 16.9 Å². The molecule has 1 fully saturated rings. The number of benzene rings is 1. The summed E-state index contributed by atoms with van der Waals surface area (Å²) in [7, 11) is 4.32. The highest BCUT2D eigenvalue weighted by molar-refractivity contribution is 5.98. The molecule has 0 bridgehead atoms. The molecule has 3 rings (SSSR count). The highest BCUT2D eigenvalue weighted by Crippen LogP contribution is 2.24. The molecule has 2 amide bonds. The molecule has 142 valence electrons. The van der Waals surface area contributed by atoms with Gasteiger partial charge in [-0.3, -0.25) is 23.5 Å². The number of rotatable bonds is 4. The maximum absolute atomic E-state index is 12.5. The molecule has 1 aliphatic heterocycles. The van der Waals surface area contributed by atoms with Gasteiger partial charge in [-0.1, -0.05) is 0 Å². The Hall–Kier alpha value is -3.36. The molecule has 1 aromatic carbocycles. The van der Waals surface area contributed by atoms with Crippen molar-refractivity contribution in [1.29, 1.82) is 0 Å². The Kier molecular flexibility index (Phi) is 4.85. The van der Waals surface area contributed by atoms with Crippen LogP contribution in [0, 0.1) is 0 Å². The van der Waals surface area contributed by atoms with E-state index in [1.807, 2.05) is 0 Å². The molecule has 0 aliphatic carbocycles. The van der Waals surface area contributed by atoms with Crippen molar-refractivity contribution in [2.45, 2.75) is 12.5 Å². The topological polar surface area (TPSA) is 103 Å². The second-order valence-corrected chi connectivity index (χ2v) is 6.35. The maximum Gasteiger partial charge on any atom is 0.331 e. The predicted octanol–water partition coefficient (Wildman–Crippen LogP) is -0.372. The molecule has 9 nitrogen and oxygen atoms in total. The van der Waals surface area contributed by atoms with Crippen molar-refractivity contribution in [3.63, 3.8) is 0 Å². The van der Waals surface area contributed by atoms with Crippen LogP contribution in [0.25, 0.3) is 0 Å². The number of amides is 2. The minimum Gasteiger partial charge on any atom is -0.497 e. The van der Waals surface area contributed by atoms with Crippen molar-refractivity contribution >= 4 is 17.5 Å². The molecule has 1 unspecified atom stereocenters. The third kappa shape index (κ3) is 3.48. The number of nitrogens with one attached hydrogen (secondary N) is 1. The van der Waals surface area contributed by atoms with E-state index >= 15 is 0 Å². The molecule has 9 heteroatoms. The molecule has 2 heterocycles. The van der Waals surface area contributed by atoms with E-state index in [0.717, 1.165) is 15.2 Å². The highest BCUT2D eigenvalue weighted by atomic mass is 16.5. The molecule has 0 spiro atoms. The van der Waals surface area contributed by atoms with Gasteiger partial charge in [0, 0.05) is 38.8 Å². The van der Waals surface area contributed by atoms with Crippen LogP contribution in [-0.4, -0.2) is 40.6 Å². The fraction of sp³-hybridized carbons (Fsp3) is 0.333. The first-order valence-corrected chi connectivity index (χ1v) is 8.34. The maximum atomic E-state index is 12.5. The van der Waals surface area contributed by atoms with E-state index in [2.05, 4.69) is 5.32 Å². The number of hydrogen-bond donors (Lipinski definition) is 1. The van der Waals surface area contributed by atoms with Crippen LogP contribution in [0.4, 0.5) is 5.69 Å². The Morgan fingerprint density at radius 2 is 1.78 bits per heavy atom. The summed E-state index contributed by atoms with van der Waals surface area (Å²) in [4.78, 5) is 50.2. The van der Waals surface area contributed by atoms with Crippen LogP contribution in [0.5, 0.6) is 5.75 Å². The Balaban J connectivity index is 1.75. The van der Waals surface area contributed by atoms with Gasteiger partial charge in [0.2, 0.25) is 5.91 Å². The minimum atomic E-state index is -0.588. The Bertz CT molecular complexity index is 1010. The van der Waals surface area contributed by atoms with Crippen molar-refractivity contribution < 1.29 is 14.3 Å². The summed E-state index contributed by atoms with van der Waals surface area (Å²) in [6.45, 7) is 0.301. The zero-order valence-electron chi connectivity index (χ0n) is 15.3. The smallest absolute Gasteiger partial charge is 0.331 e. The number of carbonyl (C=O) groups is 2. The summed E-state index contributed by atoms with van der Waals surface area (Å²) in [5, 5.41) is 2.73. The molecule has 1 atom stereocenters. The molecule has 0 saturated carbocycles. The van der Waals surface area contributed by atoms with Gasteiger partial charge in [0.05, 0.1) is 13.2 Å². The van der Waals surface area contributed by atoms with E-state index in [1.54, 1.807) is 36.3 Å². The number of aromatic nitrogens is 2. The fourth-order valence-electron chi connectivity index (χ4n) is 3.03. The third-order valence-electron chi connectivity index (χ3n) is 4.60. The van der Waals surface area contributed by atoms with Gasteiger partial charge in [-0.2, -0.15) is 0 Å². The molecule has 27 heavy (non-hydrogen) atoms. The van der Waals surface area contributed by atoms with Crippen molar-refractivity contribution in [3.8, 4) is 5.75 Å². The lowest BCUT2D eigenvalue weighted by Crippen LogP contribution is -2.43. The summed E-state index contributed by atoms with van der Waals surface area (Å²) >= 11 is 0. The van der Waals surface area contributed by atoms with E-state index < -0.39 is 23.2 Å². The van der Waals surface area contributed by atoms with E-state index in [0.29, 0.717) is 18.0 Å². The lowest BCUT2D eigenvalue weighted by molar-refractivity contribution is -0.117. The molecular weight excluding hydrogens is 352 g/mol. The van der Waals surface area contributed by atoms with Crippen LogP contribution in [0.15, 0.2) is 39.9 Å². The van der Waals surface area contributed by atoms with Crippen LogP contribution < -0.4 is 26.2 Å². The summed E-state index contributed by atoms with van der Waals surface area (Å²) in [6, 6.07) is 7.73. The third-order valence-corrected chi connectivity index (χ3v) is 4.60. The van der Waals surface area contributed by atoms with Crippen molar-refractivity contribution in [3.05, 3.63) is 56.9 Å². The van der Waals surface area contributed by atoms with Crippen LogP contribution in [0.2, 0.25) is 0 Å². The highest BCUT2D eigenvalue weighted by Gasteiger charge is 2.32. The summed E-state index contributed by atoms with van der Waals surface area (Å²) in [5.41, 5.74) is -0.488. The molecule has 1 N–H and O–H groups in total. The van der Waals surface area contributed by atoms with E-state index in [1.165, 1.54) is 14.1 Å². The van der Waals surface area contributed by atoms with E-state index in [9.17, 15) is 19.2 Å². The second-order valence-electron chi connectivity index (χ2n) is 6.35. The zero-order chi connectivity index (χ0) is 19.7. The van der Waals surface area contributed by atoms with Crippen molar-refractivity contribution in [2.24, 2.45) is 14.1 Å². The minimum absolute atomic E-state index is 0.0431. The predicted molar refractivity (Wildman–Crippen MR) is 98.1 cm³/mol. The summed E-state index contributed by atoms with van der Waals surface area (Å²) in [5.74, 6) is -0.00756. The van der Waals surface area contributed by atoms with Gasteiger partial charge in [-0.25, -0.2) is 4.79 Å². The lowest BCUT2D eigenvalue weighted by Gasteiger charge is -2.18. The van der Waals surface area contributed by atoms with Crippen molar-refractivity contribution in [1.82, 2.24) is 14.5 Å². The molecule has 1 saturated heterocycles. The Morgan fingerprint density at radius 1 is 1.11 bits per heavy atom. The molecule has 2 aromatic rings. The normalized spacial score (nSPS) is 16.5. The fourth-order valence-corrected chi connectivity index (χ4v) is 3.03. The number of anilines is 1. The first-order valence-electron chi connectivity index (χ1n) is 8.34. The molecule has 1 aliphatic rings. The van der Waals surface area contributed by atoms with Gasteiger partial charge in [0.25, 0.3) is 11.5 Å². The number of ether oxygens (including phenoxy) is 1.